The molecule has 1 fully saturated rings. The fourth-order valence-electron chi connectivity index (χ4n) is 3.89. The minimum Gasteiger partial charge on any atom is -0.319 e. The summed E-state index contributed by atoms with van der Waals surface area (Å²) in [6.45, 7) is 3.28. The first kappa shape index (κ1) is 18.6. The summed E-state index contributed by atoms with van der Waals surface area (Å²) in [6, 6.07) is 17.5. The van der Waals surface area contributed by atoms with E-state index in [1.165, 1.54) is 6.07 Å². The molecule has 1 aliphatic rings. The second kappa shape index (κ2) is 6.70. The van der Waals surface area contributed by atoms with Crippen LogP contribution >= 0.6 is 0 Å². The number of hydrogen-bond acceptors (Lipinski definition) is 4. The smallest absolute Gasteiger partial charge is 0.319 e. The lowest BCUT2D eigenvalue weighted by molar-refractivity contribution is -0.385. The number of hydrogen-bond donors (Lipinski definition) is 1. The molecule has 0 aliphatic carbocycles. The van der Waals surface area contributed by atoms with Crippen molar-refractivity contribution in [1.82, 2.24) is 10.2 Å². The number of nitro benzene ring substituents is 1. The highest BCUT2D eigenvalue weighted by Crippen LogP contribution is 2.35. The van der Waals surface area contributed by atoms with E-state index in [9.17, 15) is 19.7 Å². The van der Waals surface area contributed by atoms with Crippen molar-refractivity contribution in [1.29, 1.82) is 0 Å². The first-order valence-corrected chi connectivity index (χ1v) is 9.18. The van der Waals surface area contributed by atoms with E-state index in [4.69, 9.17) is 0 Å². The molecule has 7 heteroatoms. The van der Waals surface area contributed by atoms with Crippen LogP contribution in [0, 0.1) is 17.0 Å². The van der Waals surface area contributed by atoms with Gasteiger partial charge in [-0.1, -0.05) is 54.6 Å². The first-order chi connectivity index (χ1) is 13.8. The molecule has 0 unspecified atom stereocenters. The Labute approximate surface area is 167 Å². The molecule has 146 valence electrons. The van der Waals surface area contributed by atoms with E-state index in [1.54, 1.807) is 26.0 Å². The average molecular weight is 389 g/mol. The molecule has 4 rings (SSSR count). The van der Waals surface area contributed by atoms with E-state index in [-0.39, 0.29) is 18.1 Å². The van der Waals surface area contributed by atoms with Crippen LogP contribution in [0.3, 0.4) is 0 Å². The third-order valence-electron chi connectivity index (χ3n) is 5.55. The number of amides is 3. The molecular formula is C22H19N3O4. The number of carbonyl (C=O) groups is 2. The van der Waals surface area contributed by atoms with Crippen molar-refractivity contribution in [2.75, 3.05) is 0 Å². The highest BCUT2D eigenvalue weighted by Gasteiger charge is 2.49. The van der Waals surface area contributed by atoms with Crippen molar-refractivity contribution < 1.29 is 14.5 Å². The fourth-order valence-corrected chi connectivity index (χ4v) is 3.89. The molecular weight excluding hydrogens is 370 g/mol. The number of nitro groups is 1. The van der Waals surface area contributed by atoms with E-state index < -0.39 is 16.5 Å². The van der Waals surface area contributed by atoms with Crippen molar-refractivity contribution in [2.24, 2.45) is 0 Å². The van der Waals surface area contributed by atoms with Gasteiger partial charge in [0, 0.05) is 11.6 Å². The van der Waals surface area contributed by atoms with Crippen LogP contribution in [0.4, 0.5) is 10.5 Å². The van der Waals surface area contributed by atoms with E-state index >= 15 is 0 Å². The number of fused-ring (bicyclic) bond motifs is 1. The number of benzene rings is 3. The minimum atomic E-state index is -1.22. The Bertz CT molecular complexity index is 1170. The molecule has 3 aromatic rings. The zero-order chi connectivity index (χ0) is 20.8. The van der Waals surface area contributed by atoms with Crippen molar-refractivity contribution in [3.8, 4) is 0 Å². The van der Waals surface area contributed by atoms with Gasteiger partial charge >= 0.3 is 6.03 Å². The van der Waals surface area contributed by atoms with Gasteiger partial charge in [0.2, 0.25) is 0 Å². The number of nitrogens with one attached hydrogen (secondary N) is 1. The van der Waals surface area contributed by atoms with E-state index in [0.29, 0.717) is 16.7 Å². The summed E-state index contributed by atoms with van der Waals surface area (Å²) >= 11 is 0. The van der Waals surface area contributed by atoms with Crippen LogP contribution in [0.25, 0.3) is 10.8 Å². The third-order valence-corrected chi connectivity index (χ3v) is 5.55. The Morgan fingerprint density at radius 1 is 1.03 bits per heavy atom. The van der Waals surface area contributed by atoms with Gasteiger partial charge < -0.3 is 5.32 Å². The number of imide groups is 1. The topological polar surface area (TPSA) is 92.6 Å². The van der Waals surface area contributed by atoms with Crippen LogP contribution < -0.4 is 5.32 Å². The Kier molecular flexibility index (Phi) is 4.30. The molecule has 1 atom stereocenters. The van der Waals surface area contributed by atoms with Gasteiger partial charge in [0.15, 0.2) is 0 Å². The van der Waals surface area contributed by atoms with Gasteiger partial charge in [-0.3, -0.25) is 19.8 Å². The maximum absolute atomic E-state index is 13.3. The Morgan fingerprint density at radius 2 is 1.72 bits per heavy atom. The normalized spacial score (nSPS) is 18.9. The summed E-state index contributed by atoms with van der Waals surface area (Å²) in [5.74, 6) is -0.384. The van der Waals surface area contributed by atoms with Crippen LogP contribution in [0.15, 0.2) is 60.7 Å². The van der Waals surface area contributed by atoms with Gasteiger partial charge in [-0.15, -0.1) is 0 Å². The van der Waals surface area contributed by atoms with Gasteiger partial charge in [0.05, 0.1) is 11.5 Å². The molecule has 1 heterocycles. The maximum Gasteiger partial charge on any atom is 0.325 e. The molecule has 1 N–H and O–H groups in total. The standard InChI is InChI=1S/C22H19N3O4/c1-14-16(9-6-12-19(14)25(28)29)13-24-20(26)22(2,23-21(24)27)18-11-5-8-15-7-3-4-10-17(15)18/h3-12H,13H2,1-2H3,(H,23,27)/t22-/m0/s1. The lowest BCUT2D eigenvalue weighted by atomic mass is 9.87. The summed E-state index contributed by atoms with van der Waals surface area (Å²) in [6.07, 6.45) is 0. The molecule has 1 saturated heterocycles. The third kappa shape index (κ3) is 2.91. The number of carbonyl (C=O) groups excluding carboxylic acids is 2. The quantitative estimate of drug-likeness (QED) is 0.414. The van der Waals surface area contributed by atoms with Gasteiger partial charge in [-0.2, -0.15) is 0 Å². The summed E-state index contributed by atoms with van der Waals surface area (Å²) < 4.78 is 0. The van der Waals surface area contributed by atoms with Crippen LogP contribution in [0.5, 0.6) is 0 Å². The molecule has 1 aliphatic heterocycles. The summed E-state index contributed by atoms with van der Waals surface area (Å²) in [5, 5.41) is 15.9. The highest BCUT2D eigenvalue weighted by molar-refractivity contribution is 6.09. The van der Waals surface area contributed by atoms with Crippen molar-refractivity contribution >= 4 is 28.4 Å². The maximum atomic E-state index is 13.3. The van der Waals surface area contributed by atoms with E-state index in [0.717, 1.165) is 15.7 Å². The molecule has 29 heavy (non-hydrogen) atoms. The van der Waals surface area contributed by atoms with Gasteiger partial charge in [0.25, 0.3) is 11.6 Å². The van der Waals surface area contributed by atoms with Crippen molar-refractivity contribution in [2.45, 2.75) is 25.9 Å². The largest absolute Gasteiger partial charge is 0.325 e. The van der Waals surface area contributed by atoms with Crippen LogP contribution in [-0.4, -0.2) is 21.8 Å². The lowest BCUT2D eigenvalue weighted by Gasteiger charge is -2.24. The lowest BCUT2D eigenvalue weighted by Crippen LogP contribution is -2.41. The molecule has 0 bridgehead atoms. The zero-order valence-corrected chi connectivity index (χ0v) is 16.0. The zero-order valence-electron chi connectivity index (χ0n) is 16.0. The second-order valence-electron chi connectivity index (χ2n) is 7.29. The molecule has 3 aromatic carbocycles. The molecule has 7 nitrogen and oxygen atoms in total. The summed E-state index contributed by atoms with van der Waals surface area (Å²) in [7, 11) is 0. The van der Waals surface area contributed by atoms with Gasteiger partial charge in [-0.05, 0) is 35.7 Å². The Morgan fingerprint density at radius 3 is 2.48 bits per heavy atom. The Balaban J connectivity index is 1.73. The van der Waals surface area contributed by atoms with Gasteiger partial charge in [-0.25, -0.2) is 4.79 Å². The van der Waals surface area contributed by atoms with Crippen molar-refractivity contribution in [3.63, 3.8) is 0 Å². The predicted octanol–water partition coefficient (Wildman–Crippen LogP) is 4.02. The highest BCUT2D eigenvalue weighted by atomic mass is 16.6. The van der Waals surface area contributed by atoms with Crippen LogP contribution in [0.2, 0.25) is 0 Å². The van der Waals surface area contributed by atoms with Gasteiger partial charge in [0.1, 0.15) is 5.54 Å². The molecule has 0 spiro atoms. The SMILES string of the molecule is Cc1c(CN2C(=O)N[C@@](C)(c3cccc4ccccc34)C2=O)cccc1[N+](=O)[O-]. The van der Waals surface area contributed by atoms with Crippen LogP contribution in [0.1, 0.15) is 23.6 Å². The average Bonchev–Trinajstić information content (AvgIpc) is 2.92. The fraction of sp³-hybridized carbons (Fsp3) is 0.182. The second-order valence-corrected chi connectivity index (χ2v) is 7.29. The minimum absolute atomic E-state index is 0.0292. The number of rotatable bonds is 4. The van der Waals surface area contributed by atoms with Crippen molar-refractivity contribution in [3.05, 3.63) is 87.5 Å². The van der Waals surface area contributed by atoms with E-state index in [1.807, 2.05) is 42.5 Å². The molecule has 0 saturated carbocycles. The predicted molar refractivity (Wildman–Crippen MR) is 108 cm³/mol. The summed E-state index contributed by atoms with van der Waals surface area (Å²) in [5.41, 5.74) is 0.465. The molecule has 0 aromatic heterocycles. The Hall–Kier alpha value is -3.74. The first-order valence-electron chi connectivity index (χ1n) is 9.18. The monoisotopic (exact) mass is 389 g/mol. The summed E-state index contributed by atoms with van der Waals surface area (Å²) in [4.78, 5) is 37.9. The van der Waals surface area contributed by atoms with E-state index in [2.05, 4.69) is 5.32 Å². The van der Waals surface area contributed by atoms with Crippen LogP contribution in [-0.2, 0) is 16.9 Å². The molecule has 0 radical (unpaired) electrons. The number of nitrogens with zero attached hydrogens (tertiary/aromatic N) is 2. The number of urea groups is 1. The molecule has 3 amide bonds.